The number of piperidine rings is 1. The first kappa shape index (κ1) is 13.1. The molecule has 2 rings (SSSR count). The summed E-state index contributed by atoms with van der Waals surface area (Å²) in [6.07, 6.45) is 2.34. The van der Waals surface area contributed by atoms with Crippen LogP contribution in [0.15, 0.2) is 24.3 Å². The van der Waals surface area contributed by atoms with E-state index < -0.39 is 0 Å². The minimum Gasteiger partial charge on any atom is -0.340 e. The van der Waals surface area contributed by atoms with Crippen molar-refractivity contribution in [2.45, 2.75) is 32.3 Å². The van der Waals surface area contributed by atoms with Crippen molar-refractivity contribution < 1.29 is 9.63 Å². The zero-order valence-corrected chi connectivity index (χ0v) is 10.8. The zero-order chi connectivity index (χ0) is 13.0. The SMILES string of the molecule is Cc1ccc(CC(=O)N2CCCC(ON)C2)cc1. The van der Waals surface area contributed by atoms with Crippen LogP contribution in [0.3, 0.4) is 0 Å². The van der Waals surface area contributed by atoms with Gasteiger partial charge in [0.2, 0.25) is 5.91 Å². The van der Waals surface area contributed by atoms with Crippen molar-refractivity contribution >= 4 is 5.91 Å². The predicted molar refractivity (Wildman–Crippen MR) is 69.8 cm³/mol. The third-order valence-electron chi connectivity index (χ3n) is 3.40. The van der Waals surface area contributed by atoms with Crippen LogP contribution in [0.5, 0.6) is 0 Å². The fourth-order valence-corrected chi connectivity index (χ4v) is 2.27. The minimum absolute atomic E-state index is 0.0132. The number of nitrogens with zero attached hydrogens (tertiary/aromatic N) is 1. The molecule has 2 N–H and O–H groups in total. The van der Waals surface area contributed by atoms with Crippen LogP contribution in [0.4, 0.5) is 0 Å². The number of benzene rings is 1. The molecule has 4 nitrogen and oxygen atoms in total. The van der Waals surface area contributed by atoms with Crippen molar-refractivity contribution in [2.24, 2.45) is 5.90 Å². The van der Waals surface area contributed by atoms with E-state index in [4.69, 9.17) is 10.7 Å². The van der Waals surface area contributed by atoms with Crippen molar-refractivity contribution in [1.29, 1.82) is 0 Å². The quantitative estimate of drug-likeness (QED) is 0.823. The molecule has 1 aromatic carbocycles. The van der Waals surface area contributed by atoms with Gasteiger partial charge in [0.1, 0.15) is 0 Å². The summed E-state index contributed by atoms with van der Waals surface area (Å²) in [5.41, 5.74) is 2.27. The maximum absolute atomic E-state index is 12.1. The molecule has 1 amide bonds. The molecule has 1 unspecified atom stereocenters. The van der Waals surface area contributed by atoms with E-state index in [1.807, 2.05) is 36.1 Å². The number of likely N-dealkylation sites (tertiary alicyclic amines) is 1. The molecule has 1 aliphatic heterocycles. The van der Waals surface area contributed by atoms with Crippen molar-refractivity contribution in [3.63, 3.8) is 0 Å². The molecule has 0 saturated carbocycles. The van der Waals surface area contributed by atoms with Gasteiger partial charge in [-0.15, -0.1) is 0 Å². The fourth-order valence-electron chi connectivity index (χ4n) is 2.27. The number of aryl methyl sites for hydroxylation is 1. The molecule has 1 fully saturated rings. The summed E-state index contributed by atoms with van der Waals surface area (Å²) in [7, 11) is 0. The second-order valence-electron chi connectivity index (χ2n) is 4.90. The number of carbonyl (C=O) groups is 1. The molecule has 4 heteroatoms. The van der Waals surface area contributed by atoms with E-state index in [0.717, 1.165) is 24.9 Å². The van der Waals surface area contributed by atoms with Crippen LogP contribution in [-0.4, -0.2) is 30.0 Å². The lowest BCUT2D eigenvalue weighted by Gasteiger charge is -2.31. The van der Waals surface area contributed by atoms with Gasteiger partial charge < -0.3 is 4.90 Å². The van der Waals surface area contributed by atoms with Gasteiger partial charge in [0.25, 0.3) is 0 Å². The third kappa shape index (κ3) is 3.31. The largest absolute Gasteiger partial charge is 0.340 e. The van der Waals surface area contributed by atoms with Gasteiger partial charge in [-0.2, -0.15) is 0 Å². The van der Waals surface area contributed by atoms with Crippen molar-refractivity contribution in [2.75, 3.05) is 13.1 Å². The molecule has 0 aromatic heterocycles. The van der Waals surface area contributed by atoms with E-state index in [1.54, 1.807) is 0 Å². The van der Waals surface area contributed by atoms with Crippen LogP contribution in [0.1, 0.15) is 24.0 Å². The maximum Gasteiger partial charge on any atom is 0.227 e. The molecule has 0 bridgehead atoms. The van der Waals surface area contributed by atoms with Gasteiger partial charge in [-0.05, 0) is 25.3 Å². The molecule has 18 heavy (non-hydrogen) atoms. The van der Waals surface area contributed by atoms with Crippen molar-refractivity contribution in [3.8, 4) is 0 Å². The third-order valence-corrected chi connectivity index (χ3v) is 3.40. The number of amides is 1. The van der Waals surface area contributed by atoms with E-state index in [9.17, 15) is 4.79 Å². The lowest BCUT2D eigenvalue weighted by Crippen LogP contribution is -2.44. The van der Waals surface area contributed by atoms with Gasteiger partial charge in [-0.3, -0.25) is 9.63 Å². The number of carbonyl (C=O) groups excluding carboxylic acids is 1. The van der Waals surface area contributed by atoms with Crippen molar-refractivity contribution in [3.05, 3.63) is 35.4 Å². The first-order valence-corrected chi connectivity index (χ1v) is 6.38. The molecular weight excluding hydrogens is 228 g/mol. The van der Waals surface area contributed by atoms with Gasteiger partial charge in [0.15, 0.2) is 0 Å². The highest BCUT2D eigenvalue weighted by Gasteiger charge is 2.23. The Labute approximate surface area is 108 Å². The number of rotatable bonds is 3. The number of hydrogen-bond acceptors (Lipinski definition) is 3. The maximum atomic E-state index is 12.1. The summed E-state index contributed by atoms with van der Waals surface area (Å²) in [4.78, 5) is 18.8. The van der Waals surface area contributed by atoms with Gasteiger partial charge >= 0.3 is 0 Å². The minimum atomic E-state index is -0.0132. The van der Waals surface area contributed by atoms with Crippen LogP contribution in [0, 0.1) is 6.92 Å². The normalized spacial score (nSPS) is 19.9. The number of nitrogens with two attached hydrogens (primary N) is 1. The molecule has 98 valence electrons. The first-order chi connectivity index (χ1) is 8.69. The van der Waals surface area contributed by atoms with Crippen LogP contribution < -0.4 is 5.90 Å². The lowest BCUT2D eigenvalue weighted by molar-refractivity contribution is -0.134. The molecular formula is C14H20N2O2. The highest BCUT2D eigenvalue weighted by Crippen LogP contribution is 2.14. The van der Waals surface area contributed by atoms with E-state index >= 15 is 0 Å². The Balaban J connectivity index is 1.93. The van der Waals surface area contributed by atoms with Crippen LogP contribution >= 0.6 is 0 Å². The molecule has 0 spiro atoms. The van der Waals surface area contributed by atoms with Gasteiger partial charge in [0, 0.05) is 13.1 Å². The van der Waals surface area contributed by atoms with Crippen molar-refractivity contribution in [1.82, 2.24) is 4.90 Å². The molecule has 1 aromatic rings. The Kier molecular flexibility index (Phi) is 4.33. The van der Waals surface area contributed by atoms with Gasteiger partial charge in [0.05, 0.1) is 12.5 Å². The Morgan fingerprint density at radius 3 is 2.83 bits per heavy atom. The lowest BCUT2D eigenvalue weighted by atomic mass is 10.1. The summed E-state index contributed by atoms with van der Waals surface area (Å²) in [6, 6.07) is 8.08. The molecule has 0 radical (unpaired) electrons. The molecule has 0 aliphatic carbocycles. The fraction of sp³-hybridized carbons (Fsp3) is 0.500. The smallest absolute Gasteiger partial charge is 0.227 e. The Morgan fingerprint density at radius 1 is 1.44 bits per heavy atom. The predicted octanol–water partition coefficient (Wildman–Crippen LogP) is 1.42. The monoisotopic (exact) mass is 248 g/mol. The molecule has 1 aliphatic rings. The second-order valence-corrected chi connectivity index (χ2v) is 4.90. The molecule has 1 atom stereocenters. The topological polar surface area (TPSA) is 55.6 Å². The highest BCUT2D eigenvalue weighted by atomic mass is 16.6. The summed E-state index contributed by atoms with van der Waals surface area (Å²) in [6.45, 7) is 3.46. The Hall–Kier alpha value is -1.39. The van der Waals surface area contributed by atoms with E-state index in [0.29, 0.717) is 13.0 Å². The first-order valence-electron chi connectivity index (χ1n) is 6.38. The summed E-state index contributed by atoms with van der Waals surface area (Å²) in [5.74, 6) is 5.35. The summed E-state index contributed by atoms with van der Waals surface area (Å²) < 4.78 is 0. The summed E-state index contributed by atoms with van der Waals surface area (Å²) in [5, 5.41) is 0. The average Bonchev–Trinajstić information content (AvgIpc) is 2.41. The van der Waals surface area contributed by atoms with Crippen LogP contribution in [-0.2, 0) is 16.1 Å². The average molecular weight is 248 g/mol. The van der Waals surface area contributed by atoms with E-state index in [2.05, 4.69) is 0 Å². The standard InChI is InChI=1S/C14H20N2O2/c1-11-4-6-12(7-5-11)9-14(17)16-8-2-3-13(10-16)18-15/h4-7,13H,2-3,8-10,15H2,1H3. The Morgan fingerprint density at radius 2 is 2.17 bits per heavy atom. The van der Waals surface area contributed by atoms with Gasteiger partial charge in [-0.25, -0.2) is 5.90 Å². The summed E-state index contributed by atoms with van der Waals surface area (Å²) >= 11 is 0. The molecule has 1 saturated heterocycles. The zero-order valence-electron chi connectivity index (χ0n) is 10.8. The van der Waals surface area contributed by atoms with Crippen LogP contribution in [0.2, 0.25) is 0 Å². The number of hydrogen-bond donors (Lipinski definition) is 1. The molecule has 1 heterocycles. The van der Waals surface area contributed by atoms with Crippen LogP contribution in [0.25, 0.3) is 0 Å². The Bertz CT molecular complexity index is 403. The van der Waals surface area contributed by atoms with E-state index in [1.165, 1.54) is 5.56 Å². The second kappa shape index (κ2) is 5.98. The van der Waals surface area contributed by atoms with Gasteiger partial charge in [-0.1, -0.05) is 29.8 Å². The van der Waals surface area contributed by atoms with E-state index in [-0.39, 0.29) is 12.0 Å². The highest BCUT2D eigenvalue weighted by molar-refractivity contribution is 5.78.